The van der Waals surface area contributed by atoms with Crippen molar-refractivity contribution in [3.8, 4) is 6.07 Å². The smallest absolute Gasteiger partial charge is 0.0662 e. The zero-order valence-electron chi connectivity index (χ0n) is 5.12. The SMILES string of the molecule is N#C[C@@H]1[C@@H]2C[C@H]1[C@@H](O)C2. The largest absolute Gasteiger partial charge is 0.393 e. The van der Waals surface area contributed by atoms with Crippen molar-refractivity contribution >= 4 is 0 Å². The Bertz CT molecular complexity index is 172. The Balaban J connectivity index is 2.15. The second kappa shape index (κ2) is 1.48. The molecule has 3 aliphatic carbocycles. The number of aliphatic hydroxyl groups is 1. The van der Waals surface area contributed by atoms with E-state index in [0.717, 1.165) is 12.8 Å². The molecule has 0 spiro atoms. The van der Waals surface area contributed by atoms with E-state index in [1.165, 1.54) is 0 Å². The van der Waals surface area contributed by atoms with Crippen molar-refractivity contribution in [1.29, 1.82) is 5.26 Å². The fraction of sp³-hybridized carbons (Fsp3) is 0.857. The molecule has 3 aliphatic rings. The van der Waals surface area contributed by atoms with Gasteiger partial charge in [-0.3, -0.25) is 0 Å². The maximum Gasteiger partial charge on any atom is 0.0662 e. The summed E-state index contributed by atoms with van der Waals surface area (Å²) >= 11 is 0. The summed E-state index contributed by atoms with van der Waals surface area (Å²) in [5, 5.41) is 17.7. The van der Waals surface area contributed by atoms with E-state index in [2.05, 4.69) is 6.07 Å². The Labute approximate surface area is 54.1 Å². The number of fused-ring (bicyclic) bond motifs is 1. The van der Waals surface area contributed by atoms with E-state index < -0.39 is 0 Å². The highest BCUT2D eigenvalue weighted by molar-refractivity contribution is 5.10. The number of nitrogens with zero attached hydrogens (tertiary/aromatic N) is 1. The van der Waals surface area contributed by atoms with Crippen LogP contribution >= 0.6 is 0 Å². The van der Waals surface area contributed by atoms with E-state index in [0.29, 0.717) is 11.8 Å². The second-order valence-corrected chi connectivity index (χ2v) is 3.12. The van der Waals surface area contributed by atoms with Crippen LogP contribution in [-0.2, 0) is 0 Å². The number of nitriles is 1. The summed E-state index contributed by atoms with van der Waals surface area (Å²) in [4.78, 5) is 0. The number of hydrogen-bond acceptors (Lipinski definition) is 2. The molecule has 0 saturated heterocycles. The molecule has 0 amide bonds. The Kier molecular flexibility index (Phi) is 0.866. The van der Waals surface area contributed by atoms with Gasteiger partial charge in [-0.15, -0.1) is 0 Å². The minimum atomic E-state index is -0.153. The zero-order valence-corrected chi connectivity index (χ0v) is 5.12. The van der Waals surface area contributed by atoms with Gasteiger partial charge in [-0.05, 0) is 18.8 Å². The maximum absolute atomic E-state index is 9.19. The molecular formula is C7H9NO. The third-order valence-electron chi connectivity index (χ3n) is 2.73. The maximum atomic E-state index is 9.19. The van der Waals surface area contributed by atoms with Gasteiger partial charge in [0, 0.05) is 5.92 Å². The molecule has 3 fully saturated rings. The summed E-state index contributed by atoms with van der Waals surface area (Å²) in [6, 6.07) is 2.23. The van der Waals surface area contributed by atoms with Crippen molar-refractivity contribution in [2.24, 2.45) is 17.8 Å². The molecule has 2 heteroatoms. The Hall–Kier alpha value is -0.550. The lowest BCUT2D eigenvalue weighted by Crippen LogP contribution is -2.29. The molecule has 0 radical (unpaired) electrons. The molecule has 2 nitrogen and oxygen atoms in total. The van der Waals surface area contributed by atoms with Crippen LogP contribution in [-0.4, -0.2) is 11.2 Å². The van der Waals surface area contributed by atoms with Crippen LogP contribution in [0.4, 0.5) is 0 Å². The summed E-state index contributed by atoms with van der Waals surface area (Å²) in [6.45, 7) is 0. The van der Waals surface area contributed by atoms with E-state index in [1.807, 2.05) is 0 Å². The van der Waals surface area contributed by atoms with Crippen molar-refractivity contribution in [3.63, 3.8) is 0 Å². The molecule has 1 N–H and O–H groups in total. The van der Waals surface area contributed by atoms with Crippen LogP contribution in [0.15, 0.2) is 0 Å². The van der Waals surface area contributed by atoms with Gasteiger partial charge in [0.25, 0.3) is 0 Å². The normalized spacial score (nSPS) is 54.2. The fourth-order valence-electron chi connectivity index (χ4n) is 2.12. The summed E-state index contributed by atoms with van der Waals surface area (Å²) in [5.74, 6) is 1.06. The third-order valence-corrected chi connectivity index (χ3v) is 2.73. The van der Waals surface area contributed by atoms with E-state index in [9.17, 15) is 5.11 Å². The molecule has 3 rings (SSSR count). The first kappa shape index (κ1) is 5.25. The van der Waals surface area contributed by atoms with Crippen LogP contribution in [0, 0.1) is 29.1 Å². The van der Waals surface area contributed by atoms with Crippen molar-refractivity contribution in [1.82, 2.24) is 0 Å². The molecular weight excluding hydrogens is 114 g/mol. The quantitative estimate of drug-likeness (QED) is 0.510. The van der Waals surface area contributed by atoms with E-state index >= 15 is 0 Å². The van der Waals surface area contributed by atoms with Crippen LogP contribution in [0.25, 0.3) is 0 Å². The van der Waals surface area contributed by atoms with E-state index in [1.54, 1.807) is 0 Å². The van der Waals surface area contributed by atoms with Crippen molar-refractivity contribution in [3.05, 3.63) is 0 Å². The second-order valence-electron chi connectivity index (χ2n) is 3.12. The first-order chi connectivity index (χ1) is 4.33. The van der Waals surface area contributed by atoms with Crippen molar-refractivity contribution in [2.45, 2.75) is 18.9 Å². The monoisotopic (exact) mass is 123 g/mol. The first-order valence-electron chi connectivity index (χ1n) is 3.40. The topological polar surface area (TPSA) is 44.0 Å². The highest BCUT2D eigenvalue weighted by Gasteiger charge is 2.52. The van der Waals surface area contributed by atoms with Crippen LogP contribution < -0.4 is 0 Å². The minimum absolute atomic E-state index is 0.153. The summed E-state index contributed by atoms with van der Waals surface area (Å²) in [7, 11) is 0. The fourth-order valence-corrected chi connectivity index (χ4v) is 2.12. The molecule has 3 saturated carbocycles. The van der Waals surface area contributed by atoms with Crippen molar-refractivity contribution in [2.75, 3.05) is 0 Å². The molecule has 0 unspecified atom stereocenters. The molecule has 9 heavy (non-hydrogen) atoms. The molecule has 0 aromatic heterocycles. The molecule has 2 bridgehead atoms. The Morgan fingerprint density at radius 3 is 2.44 bits per heavy atom. The van der Waals surface area contributed by atoms with Gasteiger partial charge in [0.05, 0.1) is 18.1 Å². The lowest BCUT2D eigenvalue weighted by atomic mass is 9.73. The van der Waals surface area contributed by atoms with Gasteiger partial charge in [0.15, 0.2) is 0 Å². The molecule has 4 atom stereocenters. The molecule has 0 aliphatic heterocycles. The third kappa shape index (κ3) is 0.481. The number of rotatable bonds is 0. The average Bonchev–Trinajstić information content (AvgIpc) is 2.22. The highest BCUT2D eigenvalue weighted by Crippen LogP contribution is 2.52. The molecule has 0 aromatic rings. The van der Waals surface area contributed by atoms with Crippen LogP contribution in [0.1, 0.15) is 12.8 Å². The van der Waals surface area contributed by atoms with Gasteiger partial charge in [0.1, 0.15) is 0 Å². The van der Waals surface area contributed by atoms with Gasteiger partial charge >= 0.3 is 0 Å². The highest BCUT2D eigenvalue weighted by atomic mass is 16.3. The molecule has 48 valence electrons. The Morgan fingerprint density at radius 1 is 1.44 bits per heavy atom. The lowest BCUT2D eigenvalue weighted by Gasteiger charge is -2.29. The van der Waals surface area contributed by atoms with Crippen LogP contribution in [0.2, 0.25) is 0 Å². The average molecular weight is 123 g/mol. The predicted octanol–water partition coefficient (Wildman–Crippen LogP) is 0.527. The number of hydrogen-bond donors (Lipinski definition) is 1. The predicted molar refractivity (Wildman–Crippen MR) is 31.3 cm³/mol. The standard InChI is InChI=1S/C7H9NO/c8-3-6-4-1-5(6)7(9)2-4/h4-7,9H,1-2H2/t4-,5-,6-,7+/m1/s1. The van der Waals surface area contributed by atoms with Gasteiger partial charge in [-0.2, -0.15) is 5.26 Å². The van der Waals surface area contributed by atoms with E-state index in [4.69, 9.17) is 5.26 Å². The van der Waals surface area contributed by atoms with Crippen LogP contribution in [0.3, 0.4) is 0 Å². The summed E-state index contributed by atoms with van der Waals surface area (Å²) in [5.41, 5.74) is 0. The molecule has 0 aromatic carbocycles. The molecule has 0 heterocycles. The zero-order chi connectivity index (χ0) is 6.43. The lowest BCUT2D eigenvalue weighted by molar-refractivity contribution is 0.107. The van der Waals surface area contributed by atoms with Gasteiger partial charge in [0.2, 0.25) is 0 Å². The Morgan fingerprint density at radius 2 is 2.22 bits per heavy atom. The van der Waals surface area contributed by atoms with Crippen LogP contribution in [0.5, 0.6) is 0 Å². The van der Waals surface area contributed by atoms with Crippen molar-refractivity contribution < 1.29 is 5.11 Å². The summed E-state index contributed by atoms with van der Waals surface area (Å²) < 4.78 is 0. The van der Waals surface area contributed by atoms with Gasteiger partial charge in [-0.1, -0.05) is 0 Å². The first-order valence-corrected chi connectivity index (χ1v) is 3.40. The van der Waals surface area contributed by atoms with E-state index in [-0.39, 0.29) is 12.0 Å². The summed E-state index contributed by atoms with van der Waals surface area (Å²) in [6.07, 6.45) is 1.82. The van der Waals surface area contributed by atoms with Gasteiger partial charge in [-0.25, -0.2) is 0 Å². The minimum Gasteiger partial charge on any atom is -0.393 e. The van der Waals surface area contributed by atoms with Gasteiger partial charge < -0.3 is 5.11 Å². The number of aliphatic hydroxyl groups excluding tert-OH is 1.